The smallest absolute Gasteiger partial charge is 0.339 e. The standard InChI is InChI=1S/C21H17N3O6/c25-17-8-7-16(24-18(26)14-5-1-2-6-15(14)19(24)27)20(28)23(17)10-11-30-21(29)13-4-3-9-22-12-13/h1-6,9,12,16H,7-8,10-11H2. The number of carbonyl (C=O) groups excluding carboxylic acids is 5. The second-order valence-corrected chi connectivity index (χ2v) is 6.84. The fraction of sp³-hybridized carbons (Fsp3) is 0.238. The second-order valence-electron chi connectivity index (χ2n) is 6.84. The van der Waals surface area contributed by atoms with E-state index in [0.29, 0.717) is 0 Å². The highest BCUT2D eigenvalue weighted by Crippen LogP contribution is 2.28. The van der Waals surface area contributed by atoms with Crippen molar-refractivity contribution >= 4 is 29.6 Å². The number of esters is 1. The third kappa shape index (κ3) is 3.34. The Morgan fingerprint density at radius 2 is 1.73 bits per heavy atom. The van der Waals surface area contributed by atoms with Crippen LogP contribution in [0.5, 0.6) is 0 Å². The van der Waals surface area contributed by atoms with Crippen LogP contribution in [-0.4, -0.2) is 63.6 Å². The fourth-order valence-electron chi connectivity index (χ4n) is 3.58. The zero-order valence-corrected chi connectivity index (χ0v) is 15.8. The van der Waals surface area contributed by atoms with Crippen LogP contribution in [0.4, 0.5) is 0 Å². The maximum atomic E-state index is 12.9. The van der Waals surface area contributed by atoms with Crippen LogP contribution in [0.15, 0.2) is 48.8 Å². The number of ether oxygens (including phenoxy) is 1. The molecule has 0 radical (unpaired) electrons. The molecular formula is C21H17N3O6. The van der Waals surface area contributed by atoms with Gasteiger partial charge in [-0.2, -0.15) is 0 Å². The molecule has 4 amide bonds. The summed E-state index contributed by atoms with van der Waals surface area (Å²) in [6.45, 7) is -0.372. The van der Waals surface area contributed by atoms with Crippen LogP contribution in [0, 0.1) is 0 Å². The van der Waals surface area contributed by atoms with Crippen molar-refractivity contribution < 1.29 is 28.7 Å². The topological polar surface area (TPSA) is 114 Å². The van der Waals surface area contributed by atoms with Crippen LogP contribution in [0.2, 0.25) is 0 Å². The summed E-state index contributed by atoms with van der Waals surface area (Å²) in [5.74, 6) is -2.82. The van der Waals surface area contributed by atoms with Crippen molar-refractivity contribution in [1.29, 1.82) is 0 Å². The van der Waals surface area contributed by atoms with Crippen molar-refractivity contribution in [2.45, 2.75) is 18.9 Å². The van der Waals surface area contributed by atoms with Gasteiger partial charge in [0.05, 0.1) is 23.2 Å². The van der Waals surface area contributed by atoms with Crippen molar-refractivity contribution in [1.82, 2.24) is 14.8 Å². The molecule has 1 fully saturated rings. The van der Waals surface area contributed by atoms with Gasteiger partial charge in [-0.25, -0.2) is 4.79 Å². The Morgan fingerprint density at radius 1 is 1.03 bits per heavy atom. The van der Waals surface area contributed by atoms with Crippen LogP contribution in [0.3, 0.4) is 0 Å². The highest BCUT2D eigenvalue weighted by molar-refractivity contribution is 6.23. The largest absolute Gasteiger partial charge is 0.460 e. The first-order valence-corrected chi connectivity index (χ1v) is 9.37. The van der Waals surface area contributed by atoms with Crippen LogP contribution < -0.4 is 0 Å². The third-order valence-corrected chi connectivity index (χ3v) is 5.07. The van der Waals surface area contributed by atoms with Gasteiger partial charge >= 0.3 is 5.97 Å². The van der Waals surface area contributed by atoms with Gasteiger partial charge in [-0.1, -0.05) is 12.1 Å². The molecule has 0 bridgehead atoms. The number of hydrogen-bond donors (Lipinski definition) is 0. The van der Waals surface area contributed by atoms with Crippen LogP contribution in [0.25, 0.3) is 0 Å². The lowest BCUT2D eigenvalue weighted by molar-refractivity contribution is -0.152. The monoisotopic (exact) mass is 407 g/mol. The number of likely N-dealkylation sites (tertiary alicyclic amines) is 1. The molecule has 30 heavy (non-hydrogen) atoms. The van der Waals surface area contributed by atoms with E-state index in [2.05, 4.69) is 4.98 Å². The van der Waals surface area contributed by atoms with Gasteiger partial charge in [0.1, 0.15) is 12.6 Å². The van der Waals surface area contributed by atoms with E-state index < -0.39 is 35.6 Å². The van der Waals surface area contributed by atoms with Crippen molar-refractivity contribution in [3.63, 3.8) is 0 Å². The molecule has 2 aromatic rings. The van der Waals surface area contributed by atoms with Crippen LogP contribution in [0.1, 0.15) is 43.9 Å². The number of rotatable bonds is 5. The molecule has 9 heteroatoms. The number of amides is 4. The van der Waals surface area contributed by atoms with E-state index in [1.54, 1.807) is 18.2 Å². The molecule has 2 aliphatic rings. The minimum Gasteiger partial charge on any atom is -0.460 e. The predicted octanol–water partition coefficient (Wildman–Crippen LogP) is 1.05. The first-order chi connectivity index (χ1) is 14.5. The zero-order valence-electron chi connectivity index (χ0n) is 15.8. The molecule has 2 aliphatic heterocycles. The number of fused-ring (bicyclic) bond motifs is 1. The predicted molar refractivity (Wildman–Crippen MR) is 101 cm³/mol. The minimum absolute atomic E-state index is 0.000361. The van der Waals surface area contributed by atoms with Gasteiger partial charge in [-0.15, -0.1) is 0 Å². The van der Waals surface area contributed by atoms with Crippen molar-refractivity contribution in [3.8, 4) is 0 Å². The highest BCUT2D eigenvalue weighted by Gasteiger charge is 2.46. The Labute approximate surface area is 171 Å². The lowest BCUT2D eigenvalue weighted by Gasteiger charge is -2.34. The van der Waals surface area contributed by atoms with Crippen LogP contribution in [-0.2, 0) is 14.3 Å². The number of nitrogens with zero attached hydrogens (tertiary/aromatic N) is 3. The number of pyridine rings is 1. The molecule has 3 heterocycles. The van der Waals surface area contributed by atoms with Gasteiger partial charge < -0.3 is 4.74 Å². The van der Waals surface area contributed by atoms with Gasteiger partial charge in [0.25, 0.3) is 17.7 Å². The summed E-state index contributed by atoms with van der Waals surface area (Å²) in [6, 6.07) is 8.40. The van der Waals surface area contributed by atoms with E-state index in [9.17, 15) is 24.0 Å². The third-order valence-electron chi connectivity index (χ3n) is 5.07. The van der Waals surface area contributed by atoms with E-state index in [4.69, 9.17) is 4.74 Å². The molecule has 152 valence electrons. The fourth-order valence-corrected chi connectivity index (χ4v) is 3.58. The van der Waals surface area contributed by atoms with E-state index in [1.807, 2.05) is 0 Å². The number of imide groups is 2. The zero-order chi connectivity index (χ0) is 21.3. The lowest BCUT2D eigenvalue weighted by atomic mass is 10.0. The summed E-state index contributed by atoms with van der Waals surface area (Å²) in [5.41, 5.74) is 0.728. The highest BCUT2D eigenvalue weighted by atomic mass is 16.5. The van der Waals surface area contributed by atoms with Gasteiger partial charge in [-0.05, 0) is 30.7 Å². The molecular weight excluding hydrogens is 390 g/mol. The molecule has 9 nitrogen and oxygen atoms in total. The van der Waals surface area contributed by atoms with Crippen molar-refractivity contribution in [3.05, 3.63) is 65.5 Å². The molecule has 1 atom stereocenters. The molecule has 0 saturated carbocycles. The van der Waals surface area contributed by atoms with Crippen LogP contribution >= 0.6 is 0 Å². The quantitative estimate of drug-likeness (QED) is 0.538. The lowest BCUT2D eigenvalue weighted by Crippen LogP contribution is -2.56. The minimum atomic E-state index is -1.07. The Kier molecular flexibility index (Phi) is 5.09. The van der Waals surface area contributed by atoms with Gasteiger partial charge in [-0.3, -0.25) is 34.0 Å². The second kappa shape index (κ2) is 7.86. The summed E-state index contributed by atoms with van der Waals surface area (Å²) in [5, 5.41) is 0. The summed E-state index contributed by atoms with van der Waals surface area (Å²) >= 11 is 0. The number of hydrogen-bond acceptors (Lipinski definition) is 7. The Morgan fingerprint density at radius 3 is 2.37 bits per heavy atom. The SMILES string of the molecule is O=C(OCCN1C(=O)CCC(N2C(=O)c3ccccc3C2=O)C1=O)c1cccnc1. The molecule has 0 N–H and O–H groups in total. The van der Waals surface area contributed by atoms with E-state index in [-0.39, 0.29) is 42.7 Å². The van der Waals surface area contributed by atoms with E-state index in [0.717, 1.165) is 9.80 Å². The number of aromatic nitrogens is 1. The average Bonchev–Trinajstić information content (AvgIpc) is 3.02. The van der Waals surface area contributed by atoms with Crippen molar-refractivity contribution in [2.24, 2.45) is 0 Å². The Balaban J connectivity index is 1.44. The normalized spacial score (nSPS) is 18.6. The van der Waals surface area contributed by atoms with Gasteiger partial charge in [0.15, 0.2) is 0 Å². The van der Waals surface area contributed by atoms with Crippen molar-refractivity contribution in [2.75, 3.05) is 13.2 Å². The van der Waals surface area contributed by atoms with Gasteiger partial charge in [0.2, 0.25) is 5.91 Å². The first kappa shape index (κ1) is 19.4. The number of carbonyl (C=O) groups is 5. The number of benzene rings is 1. The number of piperidine rings is 1. The summed E-state index contributed by atoms with van der Waals surface area (Å²) in [7, 11) is 0. The molecule has 1 saturated heterocycles. The van der Waals surface area contributed by atoms with Gasteiger partial charge in [0, 0.05) is 18.8 Å². The van der Waals surface area contributed by atoms with E-state index in [1.165, 1.54) is 30.6 Å². The molecule has 0 spiro atoms. The van der Waals surface area contributed by atoms with E-state index >= 15 is 0 Å². The maximum absolute atomic E-state index is 12.9. The maximum Gasteiger partial charge on any atom is 0.339 e. The molecule has 4 rings (SSSR count). The molecule has 1 unspecified atom stereocenters. The summed E-state index contributed by atoms with van der Waals surface area (Å²) in [6.07, 6.45) is 2.93. The average molecular weight is 407 g/mol. The molecule has 1 aromatic carbocycles. The summed E-state index contributed by atoms with van der Waals surface area (Å²) < 4.78 is 5.11. The Bertz CT molecular complexity index is 1020. The molecule has 0 aliphatic carbocycles. The first-order valence-electron chi connectivity index (χ1n) is 9.37. The Hall–Kier alpha value is -3.88. The molecule has 1 aromatic heterocycles. The summed E-state index contributed by atoms with van der Waals surface area (Å²) in [4.78, 5) is 68.2.